The number of rotatable bonds is 0. The molecule has 0 aromatic heterocycles. The molecule has 0 aromatic carbocycles. The molecule has 1 unspecified atom stereocenters. The van der Waals surface area contributed by atoms with Crippen LogP contribution in [0, 0.1) is 5.92 Å². The molecule has 2 aliphatic carbocycles. The first-order valence-electron chi connectivity index (χ1n) is 3.93. The standard InChI is InChI=1S/C10H12/c1-8-5-6-9-3-2-4-10(9)7-8/h2,4-6,8H,3,7H2,1H3. The first-order valence-corrected chi connectivity index (χ1v) is 3.93. The highest BCUT2D eigenvalue weighted by atomic mass is 14.2. The molecular weight excluding hydrogens is 120 g/mol. The van der Waals surface area contributed by atoms with Crippen LogP contribution in [0.15, 0.2) is 35.5 Å². The smallest absolute Gasteiger partial charge is 0.00916 e. The van der Waals surface area contributed by atoms with E-state index >= 15 is 0 Å². The highest BCUT2D eigenvalue weighted by Gasteiger charge is 2.12. The average molecular weight is 132 g/mol. The van der Waals surface area contributed by atoms with Gasteiger partial charge in [0.1, 0.15) is 0 Å². The van der Waals surface area contributed by atoms with Crippen molar-refractivity contribution in [1.29, 1.82) is 0 Å². The van der Waals surface area contributed by atoms with Crippen LogP contribution < -0.4 is 0 Å². The largest absolute Gasteiger partial charge is 0.0811 e. The van der Waals surface area contributed by atoms with Crippen molar-refractivity contribution in [3.8, 4) is 0 Å². The van der Waals surface area contributed by atoms with E-state index in [0.29, 0.717) is 0 Å². The zero-order chi connectivity index (χ0) is 6.97. The van der Waals surface area contributed by atoms with Crippen LogP contribution in [-0.2, 0) is 0 Å². The van der Waals surface area contributed by atoms with Gasteiger partial charge >= 0.3 is 0 Å². The maximum atomic E-state index is 2.31. The van der Waals surface area contributed by atoms with Gasteiger partial charge in [0.25, 0.3) is 0 Å². The monoisotopic (exact) mass is 132 g/mol. The van der Waals surface area contributed by atoms with Gasteiger partial charge in [-0.2, -0.15) is 0 Å². The fourth-order valence-corrected chi connectivity index (χ4v) is 1.64. The minimum Gasteiger partial charge on any atom is -0.0811 e. The fraction of sp³-hybridized carbons (Fsp3) is 0.400. The van der Waals surface area contributed by atoms with Crippen LogP contribution in [-0.4, -0.2) is 0 Å². The summed E-state index contributed by atoms with van der Waals surface area (Å²) in [6, 6.07) is 0. The van der Waals surface area contributed by atoms with Gasteiger partial charge in [-0.05, 0) is 29.9 Å². The van der Waals surface area contributed by atoms with E-state index in [9.17, 15) is 0 Å². The molecule has 2 rings (SSSR count). The Bertz CT molecular complexity index is 228. The Morgan fingerprint density at radius 2 is 2.20 bits per heavy atom. The summed E-state index contributed by atoms with van der Waals surface area (Å²) in [6.45, 7) is 2.27. The summed E-state index contributed by atoms with van der Waals surface area (Å²) < 4.78 is 0. The molecular formula is C10H12. The number of allylic oxidation sites excluding steroid dienone is 6. The number of hydrogen-bond acceptors (Lipinski definition) is 0. The molecule has 0 saturated carbocycles. The highest BCUT2D eigenvalue weighted by Crippen LogP contribution is 2.30. The molecule has 0 heterocycles. The second-order valence-corrected chi connectivity index (χ2v) is 3.20. The molecule has 0 amide bonds. The summed E-state index contributed by atoms with van der Waals surface area (Å²) in [5.41, 5.74) is 3.10. The van der Waals surface area contributed by atoms with Gasteiger partial charge in [0.05, 0.1) is 0 Å². The van der Waals surface area contributed by atoms with E-state index in [1.807, 2.05) is 0 Å². The lowest BCUT2D eigenvalue weighted by molar-refractivity contribution is 0.713. The molecule has 0 nitrogen and oxygen atoms in total. The van der Waals surface area contributed by atoms with Crippen molar-refractivity contribution < 1.29 is 0 Å². The van der Waals surface area contributed by atoms with Crippen molar-refractivity contribution in [1.82, 2.24) is 0 Å². The molecule has 52 valence electrons. The van der Waals surface area contributed by atoms with E-state index in [2.05, 4.69) is 31.2 Å². The van der Waals surface area contributed by atoms with E-state index in [0.717, 1.165) is 5.92 Å². The van der Waals surface area contributed by atoms with Gasteiger partial charge in [-0.15, -0.1) is 0 Å². The predicted octanol–water partition coefficient (Wildman–Crippen LogP) is 2.84. The molecule has 0 aromatic rings. The second kappa shape index (κ2) is 2.12. The fourth-order valence-electron chi connectivity index (χ4n) is 1.64. The zero-order valence-electron chi connectivity index (χ0n) is 6.30. The summed E-state index contributed by atoms with van der Waals surface area (Å²) in [6.07, 6.45) is 11.5. The molecule has 10 heavy (non-hydrogen) atoms. The molecule has 0 aliphatic heterocycles. The molecule has 0 N–H and O–H groups in total. The predicted molar refractivity (Wildman–Crippen MR) is 43.7 cm³/mol. The van der Waals surface area contributed by atoms with Crippen molar-refractivity contribution in [3.63, 3.8) is 0 Å². The van der Waals surface area contributed by atoms with Crippen LogP contribution in [0.1, 0.15) is 19.8 Å². The zero-order valence-corrected chi connectivity index (χ0v) is 6.30. The molecule has 0 radical (unpaired) electrons. The van der Waals surface area contributed by atoms with Gasteiger partial charge < -0.3 is 0 Å². The summed E-state index contributed by atoms with van der Waals surface area (Å²) in [7, 11) is 0. The first kappa shape index (κ1) is 5.96. The average Bonchev–Trinajstić information content (AvgIpc) is 2.33. The summed E-state index contributed by atoms with van der Waals surface area (Å²) in [5, 5.41) is 0. The molecule has 0 bridgehead atoms. The Balaban J connectivity index is 2.28. The normalized spacial score (nSPS) is 29.5. The van der Waals surface area contributed by atoms with Gasteiger partial charge in [0, 0.05) is 0 Å². The number of hydrogen-bond donors (Lipinski definition) is 0. The van der Waals surface area contributed by atoms with Crippen LogP contribution in [0.3, 0.4) is 0 Å². The molecule has 2 aliphatic rings. The van der Waals surface area contributed by atoms with E-state index in [4.69, 9.17) is 0 Å². The summed E-state index contributed by atoms with van der Waals surface area (Å²) in [4.78, 5) is 0. The van der Waals surface area contributed by atoms with Crippen molar-refractivity contribution in [2.24, 2.45) is 5.92 Å². The Morgan fingerprint density at radius 3 is 3.10 bits per heavy atom. The van der Waals surface area contributed by atoms with E-state index in [-0.39, 0.29) is 0 Å². The SMILES string of the molecule is CC1C=CC2=C(C=CC2)C1. The summed E-state index contributed by atoms with van der Waals surface area (Å²) in [5.74, 6) is 0.751. The van der Waals surface area contributed by atoms with Crippen LogP contribution in [0.25, 0.3) is 0 Å². The maximum Gasteiger partial charge on any atom is -0.00916 e. The van der Waals surface area contributed by atoms with Crippen LogP contribution in [0.4, 0.5) is 0 Å². The van der Waals surface area contributed by atoms with E-state index < -0.39 is 0 Å². The van der Waals surface area contributed by atoms with E-state index in [1.54, 1.807) is 5.57 Å². The molecule has 0 saturated heterocycles. The third kappa shape index (κ3) is 0.841. The van der Waals surface area contributed by atoms with Gasteiger partial charge in [-0.3, -0.25) is 0 Å². The third-order valence-electron chi connectivity index (χ3n) is 2.24. The van der Waals surface area contributed by atoms with Crippen molar-refractivity contribution >= 4 is 0 Å². The van der Waals surface area contributed by atoms with Crippen molar-refractivity contribution in [2.75, 3.05) is 0 Å². The second-order valence-electron chi connectivity index (χ2n) is 3.20. The van der Waals surface area contributed by atoms with Crippen molar-refractivity contribution in [2.45, 2.75) is 19.8 Å². The topological polar surface area (TPSA) is 0 Å². The van der Waals surface area contributed by atoms with Crippen molar-refractivity contribution in [3.05, 3.63) is 35.5 Å². The Labute approximate surface area is 61.9 Å². The minimum absolute atomic E-state index is 0.751. The van der Waals surface area contributed by atoms with Crippen LogP contribution in [0.5, 0.6) is 0 Å². The third-order valence-corrected chi connectivity index (χ3v) is 2.24. The van der Waals surface area contributed by atoms with E-state index in [1.165, 1.54) is 18.4 Å². The van der Waals surface area contributed by atoms with Gasteiger partial charge in [0.15, 0.2) is 0 Å². The minimum atomic E-state index is 0.751. The first-order chi connectivity index (χ1) is 4.86. The van der Waals surface area contributed by atoms with Gasteiger partial charge in [-0.1, -0.05) is 31.2 Å². The molecule has 0 fully saturated rings. The Hall–Kier alpha value is -0.780. The quantitative estimate of drug-likeness (QED) is 0.475. The lowest BCUT2D eigenvalue weighted by Crippen LogP contribution is -1.97. The Morgan fingerprint density at radius 1 is 1.30 bits per heavy atom. The van der Waals surface area contributed by atoms with Gasteiger partial charge in [0.2, 0.25) is 0 Å². The summed E-state index contributed by atoms with van der Waals surface area (Å²) >= 11 is 0. The lowest BCUT2D eigenvalue weighted by Gasteiger charge is -2.13. The molecule has 0 heteroatoms. The molecule has 1 atom stereocenters. The Kier molecular flexibility index (Phi) is 1.26. The molecule has 0 spiro atoms. The van der Waals surface area contributed by atoms with Crippen LogP contribution in [0.2, 0.25) is 0 Å². The van der Waals surface area contributed by atoms with Gasteiger partial charge in [-0.25, -0.2) is 0 Å². The maximum absolute atomic E-state index is 2.31. The highest BCUT2D eigenvalue weighted by molar-refractivity contribution is 5.43. The lowest BCUT2D eigenvalue weighted by atomic mass is 9.93. The van der Waals surface area contributed by atoms with Crippen LogP contribution >= 0.6 is 0 Å².